The van der Waals surface area contributed by atoms with Crippen molar-refractivity contribution in [2.45, 2.75) is 6.92 Å². The molecule has 2 aromatic carbocycles. The number of halogens is 1. The first-order chi connectivity index (χ1) is 10.5. The van der Waals surface area contributed by atoms with Crippen LogP contribution < -0.4 is 11.1 Å². The summed E-state index contributed by atoms with van der Waals surface area (Å²) in [7, 11) is 0. The van der Waals surface area contributed by atoms with Crippen LogP contribution in [-0.2, 0) is 4.74 Å². The van der Waals surface area contributed by atoms with Crippen molar-refractivity contribution in [1.29, 1.82) is 0 Å². The standard InChI is InChI=1S/C16H15ClN2O3/c1-2-22-16(21)12-5-3-4-6-14(12)19-15(20)11-8-7-10(17)9-13(11)18/h3-9H,2,18H2,1H3,(H,19,20). The van der Waals surface area contributed by atoms with Crippen LogP contribution in [0.2, 0.25) is 5.02 Å². The predicted octanol–water partition coefficient (Wildman–Crippen LogP) is 3.35. The van der Waals surface area contributed by atoms with E-state index in [0.717, 1.165) is 0 Å². The third kappa shape index (κ3) is 3.56. The number of nitrogen functional groups attached to an aromatic ring is 1. The number of hydrogen-bond acceptors (Lipinski definition) is 4. The molecule has 0 aromatic heterocycles. The predicted molar refractivity (Wildman–Crippen MR) is 86.2 cm³/mol. The van der Waals surface area contributed by atoms with Crippen molar-refractivity contribution in [2.24, 2.45) is 0 Å². The van der Waals surface area contributed by atoms with E-state index in [1.54, 1.807) is 37.3 Å². The molecule has 2 rings (SSSR count). The van der Waals surface area contributed by atoms with E-state index in [4.69, 9.17) is 22.1 Å². The summed E-state index contributed by atoms with van der Waals surface area (Å²) in [5.41, 5.74) is 6.97. The van der Waals surface area contributed by atoms with Gasteiger partial charge in [0.25, 0.3) is 5.91 Å². The molecule has 6 heteroatoms. The van der Waals surface area contributed by atoms with Crippen molar-refractivity contribution < 1.29 is 14.3 Å². The second kappa shape index (κ2) is 6.95. The van der Waals surface area contributed by atoms with Crippen LogP contribution in [0, 0.1) is 0 Å². The highest BCUT2D eigenvalue weighted by Crippen LogP contribution is 2.21. The van der Waals surface area contributed by atoms with Gasteiger partial charge in [-0.1, -0.05) is 23.7 Å². The van der Waals surface area contributed by atoms with Gasteiger partial charge in [0.2, 0.25) is 0 Å². The molecule has 1 amide bonds. The van der Waals surface area contributed by atoms with Crippen LogP contribution in [0.1, 0.15) is 27.6 Å². The van der Waals surface area contributed by atoms with E-state index in [1.807, 2.05) is 0 Å². The average molecular weight is 319 g/mol. The van der Waals surface area contributed by atoms with Gasteiger partial charge in [-0.3, -0.25) is 4.79 Å². The lowest BCUT2D eigenvalue weighted by molar-refractivity contribution is 0.0527. The van der Waals surface area contributed by atoms with Crippen molar-refractivity contribution >= 4 is 34.9 Å². The molecule has 2 aromatic rings. The van der Waals surface area contributed by atoms with Gasteiger partial charge in [-0.25, -0.2) is 4.79 Å². The Morgan fingerprint density at radius 1 is 1.18 bits per heavy atom. The van der Waals surface area contributed by atoms with Gasteiger partial charge < -0.3 is 15.8 Å². The molecule has 0 saturated heterocycles. The van der Waals surface area contributed by atoms with Crippen LogP contribution in [0.15, 0.2) is 42.5 Å². The Balaban J connectivity index is 2.27. The highest BCUT2D eigenvalue weighted by Gasteiger charge is 2.16. The van der Waals surface area contributed by atoms with E-state index >= 15 is 0 Å². The van der Waals surface area contributed by atoms with Crippen molar-refractivity contribution in [3.05, 3.63) is 58.6 Å². The van der Waals surface area contributed by atoms with Crippen molar-refractivity contribution in [3.63, 3.8) is 0 Å². The Labute approximate surface area is 133 Å². The lowest BCUT2D eigenvalue weighted by Crippen LogP contribution is -2.17. The summed E-state index contributed by atoms with van der Waals surface area (Å²) in [6, 6.07) is 11.2. The molecule has 0 aliphatic carbocycles. The number of ether oxygens (including phenoxy) is 1. The molecule has 0 aliphatic rings. The average Bonchev–Trinajstić information content (AvgIpc) is 2.47. The molecule has 0 unspecified atom stereocenters. The second-order valence-corrected chi connectivity index (χ2v) is 4.89. The summed E-state index contributed by atoms with van der Waals surface area (Å²) in [5.74, 6) is -0.923. The fourth-order valence-corrected chi connectivity index (χ4v) is 2.09. The van der Waals surface area contributed by atoms with Gasteiger partial charge in [-0.2, -0.15) is 0 Å². The van der Waals surface area contributed by atoms with Gasteiger partial charge in [-0.15, -0.1) is 0 Å². The van der Waals surface area contributed by atoms with Crippen LogP contribution in [-0.4, -0.2) is 18.5 Å². The first-order valence-corrected chi connectivity index (χ1v) is 7.03. The number of rotatable bonds is 4. The first-order valence-electron chi connectivity index (χ1n) is 6.65. The topological polar surface area (TPSA) is 81.4 Å². The minimum Gasteiger partial charge on any atom is -0.462 e. The molecular weight excluding hydrogens is 304 g/mol. The van der Waals surface area contributed by atoms with E-state index in [2.05, 4.69) is 5.32 Å². The largest absolute Gasteiger partial charge is 0.462 e. The number of carbonyl (C=O) groups is 2. The van der Waals surface area contributed by atoms with Gasteiger partial charge in [0.05, 0.1) is 23.4 Å². The van der Waals surface area contributed by atoms with Gasteiger partial charge in [-0.05, 0) is 37.3 Å². The summed E-state index contributed by atoms with van der Waals surface area (Å²) in [4.78, 5) is 24.2. The number of benzene rings is 2. The molecule has 0 fully saturated rings. The molecule has 0 saturated carbocycles. The molecule has 0 spiro atoms. The van der Waals surface area contributed by atoms with Crippen LogP contribution >= 0.6 is 11.6 Å². The number of nitrogens with one attached hydrogen (secondary N) is 1. The molecule has 0 heterocycles. The normalized spacial score (nSPS) is 10.1. The third-order valence-corrected chi connectivity index (χ3v) is 3.16. The highest BCUT2D eigenvalue weighted by molar-refractivity contribution is 6.31. The van der Waals surface area contributed by atoms with Crippen molar-refractivity contribution in [2.75, 3.05) is 17.7 Å². The Morgan fingerprint density at radius 3 is 2.59 bits per heavy atom. The molecular formula is C16H15ClN2O3. The number of nitrogens with two attached hydrogens (primary N) is 1. The third-order valence-electron chi connectivity index (χ3n) is 2.93. The summed E-state index contributed by atoms with van der Waals surface area (Å²) < 4.78 is 4.96. The highest BCUT2D eigenvalue weighted by atomic mass is 35.5. The zero-order valence-electron chi connectivity index (χ0n) is 11.9. The maximum Gasteiger partial charge on any atom is 0.340 e. The van der Waals surface area contributed by atoms with Gasteiger partial charge in [0, 0.05) is 10.7 Å². The first kappa shape index (κ1) is 15.9. The quantitative estimate of drug-likeness (QED) is 0.669. The van der Waals surface area contributed by atoms with Crippen LogP contribution in [0.4, 0.5) is 11.4 Å². The Kier molecular flexibility index (Phi) is 5.01. The SMILES string of the molecule is CCOC(=O)c1ccccc1NC(=O)c1ccc(Cl)cc1N. The second-order valence-electron chi connectivity index (χ2n) is 4.45. The molecule has 22 heavy (non-hydrogen) atoms. The number of carbonyl (C=O) groups excluding carboxylic acids is 2. The fourth-order valence-electron chi connectivity index (χ4n) is 1.91. The van der Waals surface area contributed by atoms with Crippen LogP contribution in [0.5, 0.6) is 0 Å². The zero-order chi connectivity index (χ0) is 16.1. The lowest BCUT2D eigenvalue weighted by atomic mass is 10.1. The van der Waals surface area contributed by atoms with E-state index in [9.17, 15) is 9.59 Å². The summed E-state index contributed by atoms with van der Waals surface area (Å²) in [6.07, 6.45) is 0. The molecule has 114 valence electrons. The molecule has 3 N–H and O–H groups in total. The fraction of sp³-hybridized carbons (Fsp3) is 0.125. The van der Waals surface area contributed by atoms with Gasteiger partial charge >= 0.3 is 5.97 Å². The summed E-state index contributed by atoms with van der Waals surface area (Å²) >= 11 is 5.81. The number of para-hydroxylation sites is 1. The van der Waals surface area contributed by atoms with Gasteiger partial charge in [0.15, 0.2) is 0 Å². The summed E-state index contributed by atoms with van der Waals surface area (Å²) in [6.45, 7) is 1.97. The van der Waals surface area contributed by atoms with Crippen molar-refractivity contribution in [1.82, 2.24) is 0 Å². The zero-order valence-corrected chi connectivity index (χ0v) is 12.7. The Morgan fingerprint density at radius 2 is 1.91 bits per heavy atom. The van der Waals surface area contributed by atoms with Crippen molar-refractivity contribution in [3.8, 4) is 0 Å². The minimum absolute atomic E-state index is 0.255. The number of amides is 1. The molecule has 5 nitrogen and oxygen atoms in total. The maximum absolute atomic E-state index is 12.3. The van der Waals surface area contributed by atoms with Crippen LogP contribution in [0.25, 0.3) is 0 Å². The number of esters is 1. The minimum atomic E-state index is -0.498. The summed E-state index contributed by atoms with van der Waals surface area (Å²) in [5, 5.41) is 3.11. The lowest BCUT2D eigenvalue weighted by Gasteiger charge is -2.11. The Bertz CT molecular complexity index is 716. The number of hydrogen-bond donors (Lipinski definition) is 2. The van der Waals surface area contributed by atoms with Gasteiger partial charge in [0.1, 0.15) is 0 Å². The van der Waals surface area contributed by atoms with Crippen LogP contribution in [0.3, 0.4) is 0 Å². The molecule has 0 atom stereocenters. The van der Waals surface area contributed by atoms with E-state index in [-0.39, 0.29) is 23.4 Å². The molecule has 0 aliphatic heterocycles. The molecule has 0 radical (unpaired) electrons. The monoisotopic (exact) mass is 318 g/mol. The Hall–Kier alpha value is -2.53. The van der Waals surface area contributed by atoms with E-state index < -0.39 is 11.9 Å². The van der Waals surface area contributed by atoms with E-state index in [0.29, 0.717) is 10.7 Å². The molecule has 0 bridgehead atoms. The number of anilines is 2. The van der Waals surface area contributed by atoms with E-state index in [1.165, 1.54) is 12.1 Å². The smallest absolute Gasteiger partial charge is 0.340 e. The maximum atomic E-state index is 12.3.